The first-order chi connectivity index (χ1) is 9.43. The van der Waals surface area contributed by atoms with Gasteiger partial charge in [-0.2, -0.15) is 0 Å². The Morgan fingerprint density at radius 1 is 1.40 bits per heavy atom. The summed E-state index contributed by atoms with van der Waals surface area (Å²) in [4.78, 5) is 32.0. The van der Waals surface area contributed by atoms with Crippen LogP contribution in [0.1, 0.15) is 19.3 Å². The van der Waals surface area contributed by atoms with E-state index in [1.165, 1.54) is 25.3 Å². The zero-order valence-electron chi connectivity index (χ0n) is 10.8. The van der Waals surface area contributed by atoms with Crippen LogP contribution in [-0.4, -0.2) is 29.0 Å². The van der Waals surface area contributed by atoms with Crippen LogP contribution in [0.2, 0.25) is 0 Å². The fourth-order valence-electron chi connectivity index (χ4n) is 1.51. The highest BCUT2D eigenvalue weighted by atomic mass is 16.6. The van der Waals surface area contributed by atoms with E-state index in [1.807, 2.05) is 0 Å². The highest BCUT2D eigenvalue weighted by Crippen LogP contribution is 2.29. The number of rotatable bonds is 7. The Kier molecular flexibility index (Phi) is 5.45. The van der Waals surface area contributed by atoms with E-state index in [0.717, 1.165) is 0 Å². The van der Waals surface area contributed by atoms with Crippen molar-refractivity contribution in [2.24, 2.45) is 0 Å². The molecule has 0 aromatic heterocycles. The molecule has 0 aliphatic carbocycles. The Morgan fingerprint density at radius 3 is 2.65 bits per heavy atom. The molecule has 108 valence electrons. The van der Waals surface area contributed by atoms with Gasteiger partial charge < -0.3 is 15.2 Å². The fourth-order valence-corrected chi connectivity index (χ4v) is 1.51. The lowest BCUT2D eigenvalue weighted by atomic mass is 10.2. The predicted molar refractivity (Wildman–Crippen MR) is 69.8 cm³/mol. The SMILES string of the molecule is COc1cc([N+](=O)[O-])ccc1NC(=O)CCCC(=O)O. The molecule has 2 N–H and O–H groups in total. The van der Waals surface area contributed by atoms with Crippen molar-refractivity contribution in [3.8, 4) is 5.75 Å². The van der Waals surface area contributed by atoms with Crippen LogP contribution in [0, 0.1) is 10.1 Å². The number of carbonyl (C=O) groups is 2. The number of methoxy groups -OCH3 is 1. The highest BCUT2D eigenvalue weighted by molar-refractivity contribution is 5.92. The standard InChI is InChI=1S/C12H14N2O6/c1-20-10-7-8(14(18)19)5-6-9(10)13-11(15)3-2-4-12(16)17/h5-7H,2-4H2,1H3,(H,13,15)(H,16,17). The molecule has 0 atom stereocenters. The zero-order valence-corrected chi connectivity index (χ0v) is 10.8. The molecule has 0 aliphatic rings. The maximum atomic E-state index is 11.6. The summed E-state index contributed by atoms with van der Waals surface area (Å²) in [6.07, 6.45) is 0.174. The van der Waals surface area contributed by atoms with E-state index in [2.05, 4.69) is 5.32 Å². The Labute approximate surface area is 114 Å². The lowest BCUT2D eigenvalue weighted by molar-refractivity contribution is -0.384. The van der Waals surface area contributed by atoms with Crippen molar-refractivity contribution in [2.45, 2.75) is 19.3 Å². The van der Waals surface area contributed by atoms with Gasteiger partial charge in [-0.15, -0.1) is 0 Å². The van der Waals surface area contributed by atoms with Crippen LogP contribution in [0.4, 0.5) is 11.4 Å². The predicted octanol–water partition coefficient (Wildman–Crippen LogP) is 1.80. The molecule has 1 aromatic rings. The van der Waals surface area contributed by atoms with Crippen LogP contribution < -0.4 is 10.1 Å². The number of nitrogens with one attached hydrogen (secondary N) is 1. The Hall–Kier alpha value is -2.64. The van der Waals surface area contributed by atoms with Gasteiger partial charge >= 0.3 is 5.97 Å². The maximum absolute atomic E-state index is 11.6. The Balaban J connectivity index is 2.69. The van der Waals surface area contributed by atoms with Crippen molar-refractivity contribution >= 4 is 23.3 Å². The monoisotopic (exact) mass is 282 g/mol. The minimum absolute atomic E-state index is 0.0481. The number of amides is 1. The summed E-state index contributed by atoms with van der Waals surface area (Å²) in [5.41, 5.74) is 0.157. The van der Waals surface area contributed by atoms with E-state index >= 15 is 0 Å². The third kappa shape index (κ3) is 4.56. The molecule has 0 fully saturated rings. The lowest BCUT2D eigenvalue weighted by Crippen LogP contribution is -2.12. The summed E-state index contributed by atoms with van der Waals surface area (Å²) in [7, 11) is 1.33. The second-order valence-corrected chi connectivity index (χ2v) is 3.94. The maximum Gasteiger partial charge on any atom is 0.303 e. The zero-order chi connectivity index (χ0) is 15.1. The molecule has 20 heavy (non-hydrogen) atoms. The normalized spacial score (nSPS) is 9.85. The average molecular weight is 282 g/mol. The number of ether oxygens (including phenoxy) is 1. The minimum Gasteiger partial charge on any atom is -0.494 e. The number of nitrogens with zero attached hydrogens (tertiary/aromatic N) is 1. The van der Waals surface area contributed by atoms with E-state index in [9.17, 15) is 19.7 Å². The molecule has 0 aliphatic heterocycles. The molecular weight excluding hydrogens is 268 g/mol. The summed E-state index contributed by atoms with van der Waals surface area (Å²) in [6, 6.07) is 3.81. The van der Waals surface area contributed by atoms with Gasteiger partial charge in [0, 0.05) is 18.9 Å². The van der Waals surface area contributed by atoms with Gasteiger partial charge in [0.1, 0.15) is 5.75 Å². The van der Waals surface area contributed by atoms with E-state index in [-0.39, 0.29) is 36.6 Å². The molecular formula is C12H14N2O6. The smallest absolute Gasteiger partial charge is 0.303 e. The number of anilines is 1. The lowest BCUT2D eigenvalue weighted by Gasteiger charge is -2.09. The highest BCUT2D eigenvalue weighted by Gasteiger charge is 2.13. The Morgan fingerprint density at radius 2 is 2.10 bits per heavy atom. The second kappa shape index (κ2) is 7.07. The van der Waals surface area contributed by atoms with E-state index in [4.69, 9.17) is 9.84 Å². The third-order valence-electron chi connectivity index (χ3n) is 2.46. The number of nitro groups is 1. The van der Waals surface area contributed by atoms with Gasteiger partial charge in [-0.05, 0) is 12.5 Å². The van der Waals surface area contributed by atoms with Gasteiger partial charge in [0.05, 0.1) is 23.8 Å². The first-order valence-electron chi connectivity index (χ1n) is 5.78. The number of non-ortho nitro benzene ring substituents is 1. The molecule has 0 bridgehead atoms. The molecule has 1 aromatic carbocycles. The number of carboxylic acids is 1. The molecule has 1 rings (SSSR count). The first kappa shape index (κ1) is 15.4. The molecule has 0 heterocycles. The van der Waals surface area contributed by atoms with Gasteiger partial charge in [-0.1, -0.05) is 0 Å². The molecule has 0 saturated carbocycles. The average Bonchev–Trinajstić information content (AvgIpc) is 2.38. The first-order valence-corrected chi connectivity index (χ1v) is 5.78. The minimum atomic E-state index is -0.967. The molecule has 0 saturated heterocycles. The Bertz CT molecular complexity index is 529. The summed E-state index contributed by atoms with van der Waals surface area (Å²) in [5, 5.41) is 21.6. The molecule has 0 radical (unpaired) electrons. The van der Waals surface area contributed by atoms with Crippen LogP contribution in [0.25, 0.3) is 0 Å². The fraction of sp³-hybridized carbons (Fsp3) is 0.333. The largest absolute Gasteiger partial charge is 0.494 e. The third-order valence-corrected chi connectivity index (χ3v) is 2.46. The van der Waals surface area contributed by atoms with Crippen LogP contribution in [-0.2, 0) is 9.59 Å². The summed E-state index contributed by atoms with van der Waals surface area (Å²) < 4.78 is 4.97. The molecule has 1 amide bonds. The van der Waals surface area contributed by atoms with Crippen molar-refractivity contribution in [3.63, 3.8) is 0 Å². The van der Waals surface area contributed by atoms with Crippen LogP contribution in [0.5, 0.6) is 5.75 Å². The number of aliphatic carboxylic acids is 1. The summed E-state index contributed by atoms with van der Waals surface area (Å²) in [6.45, 7) is 0. The van der Waals surface area contributed by atoms with Gasteiger partial charge in [-0.25, -0.2) is 0 Å². The van der Waals surface area contributed by atoms with Crippen LogP contribution in [0.15, 0.2) is 18.2 Å². The number of carboxylic acid groups (broad SMARTS) is 1. The topological polar surface area (TPSA) is 119 Å². The van der Waals surface area contributed by atoms with Crippen molar-refractivity contribution in [1.82, 2.24) is 0 Å². The molecule has 0 unspecified atom stereocenters. The van der Waals surface area contributed by atoms with E-state index in [1.54, 1.807) is 0 Å². The second-order valence-electron chi connectivity index (χ2n) is 3.94. The van der Waals surface area contributed by atoms with E-state index in [0.29, 0.717) is 5.69 Å². The van der Waals surface area contributed by atoms with E-state index < -0.39 is 10.9 Å². The number of benzene rings is 1. The van der Waals surface area contributed by atoms with Gasteiger partial charge in [0.15, 0.2) is 0 Å². The van der Waals surface area contributed by atoms with Gasteiger partial charge in [0.2, 0.25) is 5.91 Å². The quantitative estimate of drug-likeness (QED) is 0.581. The van der Waals surface area contributed by atoms with Crippen molar-refractivity contribution in [1.29, 1.82) is 0 Å². The van der Waals surface area contributed by atoms with Gasteiger partial charge in [-0.3, -0.25) is 19.7 Å². The van der Waals surface area contributed by atoms with Gasteiger partial charge in [0.25, 0.3) is 5.69 Å². The number of hydrogen-bond acceptors (Lipinski definition) is 5. The van der Waals surface area contributed by atoms with Crippen molar-refractivity contribution in [2.75, 3.05) is 12.4 Å². The number of carbonyl (C=O) groups excluding carboxylic acids is 1. The van der Waals surface area contributed by atoms with Crippen molar-refractivity contribution < 1.29 is 24.4 Å². The number of nitro benzene ring substituents is 1. The van der Waals surface area contributed by atoms with Crippen LogP contribution in [0.3, 0.4) is 0 Å². The number of hydrogen-bond donors (Lipinski definition) is 2. The molecule has 8 heteroatoms. The summed E-state index contributed by atoms with van der Waals surface area (Å²) in [5.74, 6) is -1.17. The summed E-state index contributed by atoms with van der Waals surface area (Å²) >= 11 is 0. The molecule has 0 spiro atoms. The molecule has 8 nitrogen and oxygen atoms in total. The van der Waals surface area contributed by atoms with Crippen LogP contribution >= 0.6 is 0 Å². The van der Waals surface area contributed by atoms with Crippen molar-refractivity contribution in [3.05, 3.63) is 28.3 Å².